The van der Waals surface area contributed by atoms with Crippen LogP contribution in [-0.4, -0.2) is 5.91 Å². The van der Waals surface area contributed by atoms with Gasteiger partial charge in [-0.3, -0.25) is 4.79 Å². The highest BCUT2D eigenvalue weighted by Crippen LogP contribution is 2.17. The molecule has 0 aliphatic rings. The zero-order chi connectivity index (χ0) is 17.5. The van der Waals surface area contributed by atoms with Crippen LogP contribution in [0.15, 0.2) is 24.3 Å². The van der Waals surface area contributed by atoms with E-state index >= 15 is 0 Å². The van der Waals surface area contributed by atoms with Crippen molar-refractivity contribution in [3.05, 3.63) is 35.4 Å². The highest BCUT2D eigenvalue weighted by atomic mass is 16.1. The molecule has 1 aromatic carbocycles. The molecule has 136 valence electrons. The van der Waals surface area contributed by atoms with Gasteiger partial charge in [0.2, 0.25) is 5.91 Å². The molecule has 2 heteroatoms. The molecule has 0 aliphatic heterocycles. The van der Waals surface area contributed by atoms with Crippen LogP contribution in [0.5, 0.6) is 0 Å². The Balaban J connectivity index is 2.17. The number of hydrogen-bond donors (Lipinski definition) is 1. The highest BCUT2D eigenvalue weighted by Gasteiger charge is 2.02. The lowest BCUT2D eigenvalue weighted by Gasteiger charge is -2.09. The Kier molecular flexibility index (Phi) is 12.2. The zero-order valence-electron chi connectivity index (χ0n) is 15.7. The van der Waals surface area contributed by atoms with Gasteiger partial charge in [-0.25, -0.2) is 0 Å². The molecule has 2 N–H and O–H groups in total. The maximum Gasteiger partial charge on any atom is 0.217 e. The van der Waals surface area contributed by atoms with Crippen LogP contribution in [-0.2, 0) is 17.6 Å². The van der Waals surface area contributed by atoms with Gasteiger partial charge in [0, 0.05) is 6.42 Å². The van der Waals surface area contributed by atoms with Crippen molar-refractivity contribution in [3.63, 3.8) is 0 Å². The smallest absolute Gasteiger partial charge is 0.217 e. The summed E-state index contributed by atoms with van der Waals surface area (Å²) in [5, 5.41) is 0. The van der Waals surface area contributed by atoms with E-state index in [0.717, 1.165) is 12.8 Å². The number of rotatable bonds is 15. The first-order chi connectivity index (χ1) is 11.7. The Morgan fingerprint density at radius 2 is 1.21 bits per heavy atom. The van der Waals surface area contributed by atoms with E-state index in [0.29, 0.717) is 6.42 Å². The van der Waals surface area contributed by atoms with Gasteiger partial charge in [0.1, 0.15) is 0 Å². The molecule has 24 heavy (non-hydrogen) atoms. The molecule has 0 aliphatic carbocycles. The molecule has 0 atom stereocenters. The molecular formula is C22H37NO. The van der Waals surface area contributed by atoms with Crippen LogP contribution >= 0.6 is 0 Å². The summed E-state index contributed by atoms with van der Waals surface area (Å²) in [5.41, 5.74) is 8.26. The van der Waals surface area contributed by atoms with Crippen molar-refractivity contribution >= 4 is 5.91 Å². The molecule has 0 saturated carbocycles. The summed E-state index contributed by atoms with van der Waals surface area (Å²) >= 11 is 0. The molecule has 1 rings (SSSR count). The van der Waals surface area contributed by atoms with E-state index in [-0.39, 0.29) is 5.91 Å². The monoisotopic (exact) mass is 331 g/mol. The third-order valence-corrected chi connectivity index (χ3v) is 4.79. The van der Waals surface area contributed by atoms with Gasteiger partial charge in [-0.1, -0.05) is 82.6 Å². The average molecular weight is 332 g/mol. The van der Waals surface area contributed by atoms with Crippen molar-refractivity contribution in [1.29, 1.82) is 0 Å². The lowest BCUT2D eigenvalue weighted by molar-refractivity contribution is -0.118. The van der Waals surface area contributed by atoms with Crippen molar-refractivity contribution in [2.45, 2.75) is 96.8 Å². The van der Waals surface area contributed by atoms with Crippen molar-refractivity contribution in [3.8, 4) is 0 Å². The standard InChI is InChI=1S/C22H37NO/c1-2-3-4-5-7-10-15-20-17-13-14-18-21(20)16-11-8-6-9-12-19-22(23)24/h13-14,17-18H,2-12,15-16,19H2,1H3,(H2,23,24). The van der Waals surface area contributed by atoms with E-state index in [1.807, 2.05) is 0 Å². The number of carbonyl (C=O) groups is 1. The fraction of sp³-hybridized carbons (Fsp3) is 0.682. The molecule has 2 nitrogen and oxygen atoms in total. The second-order valence-corrected chi connectivity index (χ2v) is 7.02. The summed E-state index contributed by atoms with van der Waals surface area (Å²) in [7, 11) is 0. The van der Waals surface area contributed by atoms with Gasteiger partial charge in [-0.2, -0.15) is 0 Å². The van der Waals surface area contributed by atoms with Crippen molar-refractivity contribution < 1.29 is 4.79 Å². The Hall–Kier alpha value is -1.31. The number of carbonyl (C=O) groups excluding carboxylic acids is 1. The molecule has 0 spiro atoms. The van der Waals surface area contributed by atoms with Crippen molar-refractivity contribution in [2.24, 2.45) is 5.73 Å². The van der Waals surface area contributed by atoms with E-state index in [1.165, 1.54) is 70.6 Å². The van der Waals surface area contributed by atoms with Crippen LogP contribution in [0.4, 0.5) is 0 Å². The molecule has 1 aromatic rings. The summed E-state index contributed by atoms with van der Waals surface area (Å²) in [4.78, 5) is 10.7. The van der Waals surface area contributed by atoms with Crippen molar-refractivity contribution in [1.82, 2.24) is 0 Å². The van der Waals surface area contributed by atoms with Gasteiger partial charge in [0.15, 0.2) is 0 Å². The van der Waals surface area contributed by atoms with Crippen LogP contribution < -0.4 is 5.73 Å². The predicted octanol–water partition coefficient (Wildman–Crippen LogP) is 5.96. The summed E-state index contributed by atoms with van der Waals surface area (Å²) < 4.78 is 0. The molecule has 1 amide bonds. The molecule has 0 aromatic heterocycles. The lowest BCUT2D eigenvalue weighted by Crippen LogP contribution is -2.09. The minimum atomic E-state index is -0.168. The number of aryl methyl sites for hydroxylation is 2. The van der Waals surface area contributed by atoms with Crippen LogP contribution in [0.3, 0.4) is 0 Å². The average Bonchev–Trinajstić information content (AvgIpc) is 2.58. The Morgan fingerprint density at radius 1 is 0.750 bits per heavy atom. The topological polar surface area (TPSA) is 43.1 Å². The van der Waals surface area contributed by atoms with Gasteiger partial charge in [0.05, 0.1) is 0 Å². The minimum Gasteiger partial charge on any atom is -0.370 e. The first-order valence-electron chi connectivity index (χ1n) is 10.1. The normalized spacial score (nSPS) is 10.9. The SMILES string of the molecule is CCCCCCCCc1ccccc1CCCCCCCC(N)=O. The second-order valence-electron chi connectivity index (χ2n) is 7.02. The van der Waals surface area contributed by atoms with Gasteiger partial charge in [-0.05, 0) is 43.2 Å². The summed E-state index contributed by atoms with van der Waals surface area (Å²) in [6.45, 7) is 2.27. The molecule has 0 saturated heterocycles. The van der Waals surface area contributed by atoms with Crippen LogP contribution in [0.2, 0.25) is 0 Å². The fourth-order valence-electron chi connectivity index (χ4n) is 3.29. The van der Waals surface area contributed by atoms with Crippen LogP contribution in [0.25, 0.3) is 0 Å². The molecule has 0 unspecified atom stereocenters. The first kappa shape index (κ1) is 20.7. The van der Waals surface area contributed by atoms with Gasteiger partial charge in [-0.15, -0.1) is 0 Å². The third-order valence-electron chi connectivity index (χ3n) is 4.79. The predicted molar refractivity (Wildman–Crippen MR) is 104 cm³/mol. The lowest BCUT2D eigenvalue weighted by atomic mass is 9.96. The first-order valence-corrected chi connectivity index (χ1v) is 10.1. The Morgan fingerprint density at radius 3 is 1.71 bits per heavy atom. The molecular weight excluding hydrogens is 294 g/mol. The maximum absolute atomic E-state index is 10.7. The van der Waals surface area contributed by atoms with Gasteiger partial charge < -0.3 is 5.73 Å². The number of hydrogen-bond acceptors (Lipinski definition) is 1. The highest BCUT2D eigenvalue weighted by molar-refractivity contribution is 5.73. The van der Waals surface area contributed by atoms with Gasteiger partial charge in [0.25, 0.3) is 0 Å². The Labute approximate surface area is 149 Å². The quantitative estimate of drug-likeness (QED) is 0.396. The summed E-state index contributed by atoms with van der Waals surface area (Å²) in [6.07, 6.45) is 17.0. The zero-order valence-corrected chi connectivity index (χ0v) is 15.7. The summed E-state index contributed by atoms with van der Waals surface area (Å²) in [6, 6.07) is 8.97. The van der Waals surface area contributed by atoms with Gasteiger partial charge >= 0.3 is 0 Å². The minimum absolute atomic E-state index is 0.168. The van der Waals surface area contributed by atoms with E-state index in [9.17, 15) is 4.79 Å². The third kappa shape index (κ3) is 10.5. The number of benzene rings is 1. The Bertz CT molecular complexity index is 441. The number of amides is 1. The number of unbranched alkanes of at least 4 members (excludes halogenated alkanes) is 9. The van der Waals surface area contributed by atoms with E-state index in [2.05, 4.69) is 31.2 Å². The van der Waals surface area contributed by atoms with Crippen LogP contribution in [0, 0.1) is 0 Å². The maximum atomic E-state index is 10.7. The largest absolute Gasteiger partial charge is 0.370 e. The fourth-order valence-corrected chi connectivity index (χ4v) is 3.29. The number of primary amides is 1. The van der Waals surface area contributed by atoms with Crippen LogP contribution in [0.1, 0.15) is 95.1 Å². The molecule has 0 radical (unpaired) electrons. The second kappa shape index (κ2) is 14.1. The molecule has 0 fully saturated rings. The van der Waals surface area contributed by atoms with E-state index in [4.69, 9.17) is 5.73 Å². The number of nitrogens with two attached hydrogens (primary N) is 1. The van der Waals surface area contributed by atoms with E-state index in [1.54, 1.807) is 11.1 Å². The molecule has 0 heterocycles. The summed E-state index contributed by atoms with van der Waals surface area (Å²) in [5.74, 6) is -0.168. The van der Waals surface area contributed by atoms with Crippen molar-refractivity contribution in [2.75, 3.05) is 0 Å². The molecule has 0 bridgehead atoms. The van der Waals surface area contributed by atoms with E-state index < -0.39 is 0 Å².